The van der Waals surface area contributed by atoms with Crippen molar-refractivity contribution in [3.8, 4) is 11.5 Å². The lowest BCUT2D eigenvalue weighted by atomic mass is 10.1. The van der Waals surface area contributed by atoms with E-state index in [9.17, 15) is 35.5 Å². The van der Waals surface area contributed by atoms with Crippen LogP contribution in [0.15, 0.2) is 36.7 Å². The van der Waals surface area contributed by atoms with Crippen molar-refractivity contribution >= 4 is 11.6 Å². The average molecular weight is 427 g/mol. The zero-order valence-electron chi connectivity index (χ0n) is 14.2. The smallest absolute Gasteiger partial charge is 0.460 e. The number of carbonyl (C=O) groups is 1. The van der Waals surface area contributed by atoms with E-state index in [4.69, 9.17) is 9.47 Å². The Morgan fingerprint density at radius 2 is 1.79 bits per heavy atom. The highest BCUT2D eigenvalue weighted by Gasteiger charge is 2.76. The Hall–Kier alpha value is -2.99. The maximum Gasteiger partial charge on any atom is 0.460 e. The fourth-order valence-electron chi connectivity index (χ4n) is 2.42. The topological polar surface area (TPSA) is 65.4 Å². The Morgan fingerprint density at radius 3 is 2.45 bits per heavy atom. The summed E-state index contributed by atoms with van der Waals surface area (Å²) in [6, 6.07) is 6.79. The summed E-state index contributed by atoms with van der Waals surface area (Å²) >= 11 is 0. The third-order valence-corrected chi connectivity index (χ3v) is 3.88. The van der Waals surface area contributed by atoms with E-state index in [1.165, 1.54) is 5.32 Å². The number of benzene rings is 1. The molecule has 1 aliphatic heterocycles. The van der Waals surface area contributed by atoms with E-state index < -0.39 is 35.7 Å². The van der Waals surface area contributed by atoms with Gasteiger partial charge in [-0.15, -0.1) is 0 Å². The molecule has 0 saturated heterocycles. The molecule has 1 unspecified atom stereocenters. The minimum Gasteiger partial charge on any atom is -0.486 e. The lowest BCUT2D eigenvalue weighted by Crippen LogP contribution is -2.57. The number of anilines is 1. The molecule has 1 aromatic heterocycles. The van der Waals surface area contributed by atoms with E-state index in [-0.39, 0.29) is 13.2 Å². The summed E-state index contributed by atoms with van der Waals surface area (Å²) in [6.07, 6.45) is -5.36. The Kier molecular flexibility index (Phi) is 5.09. The standard InChI is InChI=1S/C16H12F7N3O3/c17-14(18,15(19,20)16(21,22)23)13(27)25-9-5-24-26(6-9)7-10-8-28-11-3-1-2-4-12(11)29-10/h1-6,10H,7-8H2,(H,25,27). The Morgan fingerprint density at radius 1 is 1.14 bits per heavy atom. The number of hydrogen-bond acceptors (Lipinski definition) is 4. The molecule has 0 fully saturated rings. The first-order valence-electron chi connectivity index (χ1n) is 7.96. The minimum atomic E-state index is -6.60. The normalized spacial score (nSPS) is 17.1. The van der Waals surface area contributed by atoms with Crippen LogP contribution in [0.2, 0.25) is 0 Å². The second-order valence-corrected chi connectivity index (χ2v) is 6.05. The number of amides is 1. The van der Waals surface area contributed by atoms with Crippen LogP contribution in [0.3, 0.4) is 0 Å². The van der Waals surface area contributed by atoms with Crippen molar-refractivity contribution in [1.29, 1.82) is 0 Å². The number of halogens is 7. The number of aromatic nitrogens is 2. The first-order chi connectivity index (χ1) is 13.4. The SMILES string of the molecule is O=C(Nc1cnn(CC2COc3ccccc3O2)c1)C(F)(F)C(F)(F)C(F)(F)F. The molecule has 1 amide bonds. The van der Waals surface area contributed by atoms with Gasteiger partial charge in [0.15, 0.2) is 17.6 Å². The Bertz CT molecular complexity index is 898. The molecule has 6 nitrogen and oxygen atoms in total. The molecule has 1 aliphatic rings. The average Bonchev–Trinajstić information content (AvgIpc) is 3.07. The van der Waals surface area contributed by atoms with Crippen molar-refractivity contribution in [3.05, 3.63) is 36.7 Å². The number of fused-ring (bicyclic) bond motifs is 1. The summed E-state index contributed by atoms with van der Waals surface area (Å²) in [5.74, 6) is -14.4. The summed E-state index contributed by atoms with van der Waals surface area (Å²) < 4.78 is 101. The highest BCUT2D eigenvalue weighted by atomic mass is 19.4. The molecule has 3 rings (SSSR count). The van der Waals surface area contributed by atoms with E-state index >= 15 is 0 Å². The number of carbonyl (C=O) groups excluding carboxylic acids is 1. The van der Waals surface area contributed by atoms with Crippen LogP contribution in [-0.2, 0) is 11.3 Å². The van der Waals surface area contributed by atoms with Crippen molar-refractivity contribution in [2.45, 2.75) is 30.7 Å². The number of hydrogen-bond donors (Lipinski definition) is 1. The van der Waals surface area contributed by atoms with E-state index in [1.54, 1.807) is 24.3 Å². The predicted molar refractivity (Wildman–Crippen MR) is 83.2 cm³/mol. The lowest BCUT2D eigenvalue weighted by molar-refractivity contribution is -0.343. The van der Waals surface area contributed by atoms with Crippen molar-refractivity contribution in [1.82, 2.24) is 9.78 Å². The zero-order chi connectivity index (χ0) is 21.4. The summed E-state index contributed by atoms with van der Waals surface area (Å²) in [5, 5.41) is 5.03. The fourth-order valence-corrected chi connectivity index (χ4v) is 2.42. The van der Waals surface area contributed by atoms with Crippen LogP contribution < -0.4 is 14.8 Å². The van der Waals surface area contributed by atoms with Crippen LogP contribution >= 0.6 is 0 Å². The van der Waals surface area contributed by atoms with Crippen molar-refractivity contribution in [2.75, 3.05) is 11.9 Å². The highest BCUT2D eigenvalue weighted by molar-refractivity contribution is 5.96. The quantitative estimate of drug-likeness (QED) is 0.743. The van der Waals surface area contributed by atoms with Gasteiger partial charge in [-0.25, -0.2) is 0 Å². The van der Waals surface area contributed by atoms with Crippen LogP contribution in [0.4, 0.5) is 36.4 Å². The molecule has 2 aromatic rings. The summed E-state index contributed by atoms with van der Waals surface area (Å²) in [5.41, 5.74) is -0.496. The molecule has 2 heterocycles. The van der Waals surface area contributed by atoms with E-state index in [1.807, 2.05) is 0 Å². The largest absolute Gasteiger partial charge is 0.486 e. The number of rotatable bonds is 5. The number of nitrogens with zero attached hydrogens (tertiary/aromatic N) is 2. The van der Waals surface area contributed by atoms with Gasteiger partial charge in [0, 0.05) is 6.20 Å². The van der Waals surface area contributed by atoms with Gasteiger partial charge in [-0.2, -0.15) is 35.8 Å². The monoisotopic (exact) mass is 427 g/mol. The maximum absolute atomic E-state index is 13.4. The molecule has 1 aromatic carbocycles. The van der Waals surface area contributed by atoms with Crippen molar-refractivity contribution in [2.24, 2.45) is 0 Å². The van der Waals surface area contributed by atoms with Gasteiger partial charge in [0.25, 0.3) is 0 Å². The molecular formula is C16H12F7N3O3. The minimum absolute atomic E-state index is 0.0271. The maximum atomic E-state index is 13.4. The molecule has 0 radical (unpaired) electrons. The van der Waals surface area contributed by atoms with Crippen LogP contribution in [0.5, 0.6) is 11.5 Å². The molecule has 0 saturated carbocycles. The Labute approximate surface area is 158 Å². The zero-order valence-corrected chi connectivity index (χ0v) is 14.2. The first-order valence-corrected chi connectivity index (χ1v) is 7.96. The lowest BCUT2D eigenvalue weighted by Gasteiger charge is -2.26. The molecule has 1 atom stereocenters. The summed E-state index contributed by atoms with van der Waals surface area (Å²) in [6.45, 7) is 0.147. The molecule has 0 spiro atoms. The van der Waals surface area contributed by atoms with Crippen molar-refractivity contribution < 1.29 is 45.0 Å². The third-order valence-electron chi connectivity index (χ3n) is 3.88. The van der Waals surface area contributed by atoms with Crippen molar-refractivity contribution in [3.63, 3.8) is 0 Å². The molecule has 158 valence electrons. The first kappa shape index (κ1) is 20.7. The molecule has 29 heavy (non-hydrogen) atoms. The van der Waals surface area contributed by atoms with Crippen LogP contribution in [-0.4, -0.2) is 46.4 Å². The number of alkyl halides is 7. The van der Waals surface area contributed by atoms with Crippen LogP contribution in [0, 0.1) is 0 Å². The highest BCUT2D eigenvalue weighted by Crippen LogP contribution is 2.46. The summed E-state index contributed by atoms with van der Waals surface area (Å²) in [4.78, 5) is 11.3. The number of nitrogens with one attached hydrogen (secondary N) is 1. The van der Waals surface area contributed by atoms with Crippen LogP contribution in [0.1, 0.15) is 0 Å². The molecule has 13 heteroatoms. The third kappa shape index (κ3) is 3.93. The Balaban J connectivity index is 1.64. The predicted octanol–water partition coefficient (Wildman–Crippen LogP) is 3.49. The fraction of sp³-hybridized carbons (Fsp3) is 0.375. The number of para-hydroxylation sites is 2. The van der Waals surface area contributed by atoms with E-state index in [0.29, 0.717) is 11.5 Å². The van der Waals surface area contributed by atoms with Crippen LogP contribution in [0.25, 0.3) is 0 Å². The van der Waals surface area contributed by atoms with Gasteiger partial charge >= 0.3 is 23.9 Å². The van der Waals surface area contributed by atoms with E-state index in [2.05, 4.69) is 5.10 Å². The molecule has 0 aliphatic carbocycles. The van der Waals surface area contributed by atoms with Gasteiger partial charge < -0.3 is 14.8 Å². The summed E-state index contributed by atoms with van der Waals surface area (Å²) in [7, 11) is 0. The second-order valence-electron chi connectivity index (χ2n) is 6.05. The molecular weight excluding hydrogens is 415 g/mol. The second kappa shape index (κ2) is 7.12. The van der Waals surface area contributed by atoms with Gasteiger partial charge in [0.05, 0.1) is 18.4 Å². The molecule has 1 N–H and O–H groups in total. The van der Waals surface area contributed by atoms with Gasteiger partial charge in [-0.3, -0.25) is 9.48 Å². The molecule has 0 bridgehead atoms. The van der Waals surface area contributed by atoms with Gasteiger partial charge in [-0.1, -0.05) is 12.1 Å². The van der Waals surface area contributed by atoms with Gasteiger partial charge in [0.1, 0.15) is 6.61 Å². The number of ether oxygens (including phenoxy) is 2. The van der Waals surface area contributed by atoms with Gasteiger partial charge in [-0.05, 0) is 12.1 Å². The van der Waals surface area contributed by atoms with E-state index in [0.717, 1.165) is 17.1 Å². The van der Waals surface area contributed by atoms with Gasteiger partial charge in [0.2, 0.25) is 0 Å².